The Morgan fingerprint density at radius 3 is 2.68 bits per heavy atom. The molecule has 1 amide bonds. The van der Waals surface area contributed by atoms with Gasteiger partial charge in [0.05, 0.1) is 12.1 Å². The van der Waals surface area contributed by atoms with Crippen LogP contribution in [0.5, 0.6) is 0 Å². The second-order valence-corrected chi connectivity index (χ2v) is 5.46. The van der Waals surface area contributed by atoms with Crippen molar-refractivity contribution in [1.29, 1.82) is 0 Å². The summed E-state index contributed by atoms with van der Waals surface area (Å²) < 4.78 is 5.72. The van der Waals surface area contributed by atoms with Crippen LogP contribution in [0.25, 0.3) is 0 Å². The van der Waals surface area contributed by atoms with Crippen LogP contribution in [-0.4, -0.2) is 24.7 Å². The zero-order valence-electron chi connectivity index (χ0n) is 10.9. The molecule has 4 nitrogen and oxygen atoms in total. The molecule has 0 aromatic heterocycles. The highest BCUT2D eigenvalue weighted by Gasteiger charge is 2.41. The quantitative estimate of drug-likeness (QED) is 0.859. The van der Waals surface area contributed by atoms with E-state index in [1.54, 1.807) is 0 Å². The molecule has 0 radical (unpaired) electrons. The lowest BCUT2D eigenvalue weighted by atomic mass is 10.0. The van der Waals surface area contributed by atoms with Crippen molar-refractivity contribution in [2.24, 2.45) is 11.7 Å². The summed E-state index contributed by atoms with van der Waals surface area (Å²) in [5.74, 6) is 0.535. The first-order valence-corrected chi connectivity index (χ1v) is 6.98. The van der Waals surface area contributed by atoms with E-state index >= 15 is 0 Å². The lowest BCUT2D eigenvalue weighted by molar-refractivity contribution is -0.123. The molecule has 0 spiro atoms. The highest BCUT2D eigenvalue weighted by atomic mass is 16.5. The zero-order chi connectivity index (χ0) is 13.2. The van der Waals surface area contributed by atoms with E-state index < -0.39 is 6.04 Å². The van der Waals surface area contributed by atoms with Gasteiger partial charge in [0.15, 0.2) is 0 Å². The van der Waals surface area contributed by atoms with Crippen molar-refractivity contribution >= 4 is 5.91 Å². The molecule has 1 aliphatic carbocycles. The summed E-state index contributed by atoms with van der Waals surface area (Å²) >= 11 is 0. The van der Waals surface area contributed by atoms with Crippen LogP contribution >= 0.6 is 0 Å². The van der Waals surface area contributed by atoms with Gasteiger partial charge in [-0.3, -0.25) is 4.79 Å². The average molecular weight is 260 g/mol. The maximum Gasteiger partial charge on any atom is 0.241 e. The van der Waals surface area contributed by atoms with Gasteiger partial charge in [-0.1, -0.05) is 30.3 Å². The van der Waals surface area contributed by atoms with E-state index in [0.717, 1.165) is 18.6 Å². The van der Waals surface area contributed by atoms with Crippen LogP contribution in [0.3, 0.4) is 0 Å². The van der Waals surface area contributed by atoms with Gasteiger partial charge in [-0.25, -0.2) is 0 Å². The number of carbonyl (C=O) groups excluding carboxylic acids is 1. The average Bonchev–Trinajstić information content (AvgIpc) is 3.19. The molecule has 1 saturated heterocycles. The molecule has 0 bridgehead atoms. The Balaban J connectivity index is 1.61. The van der Waals surface area contributed by atoms with Gasteiger partial charge in [-0.05, 0) is 30.7 Å². The Kier molecular flexibility index (Phi) is 3.53. The molecule has 1 heterocycles. The predicted molar refractivity (Wildman–Crippen MR) is 72.4 cm³/mol. The van der Waals surface area contributed by atoms with E-state index in [4.69, 9.17) is 10.5 Å². The van der Waals surface area contributed by atoms with Gasteiger partial charge < -0.3 is 15.8 Å². The Morgan fingerprint density at radius 1 is 1.26 bits per heavy atom. The van der Waals surface area contributed by atoms with Crippen LogP contribution < -0.4 is 11.1 Å². The summed E-state index contributed by atoms with van der Waals surface area (Å²) in [6.07, 6.45) is 3.55. The Bertz CT molecular complexity index is 445. The van der Waals surface area contributed by atoms with Crippen molar-refractivity contribution < 1.29 is 9.53 Å². The standard InChI is InChI=1S/C15H20N2O2/c16-13(10-4-2-1-3-5-10)15(18)17-12-8-9-19-14(12)11-6-7-11/h1-5,11-14H,6-9,16H2,(H,17,18)/t12?,13-,14?/m0/s1. The Labute approximate surface area is 113 Å². The highest BCUT2D eigenvalue weighted by Crippen LogP contribution is 2.38. The second-order valence-electron chi connectivity index (χ2n) is 5.46. The molecule has 3 N–H and O–H groups in total. The fourth-order valence-electron chi connectivity index (χ4n) is 2.74. The minimum Gasteiger partial charge on any atom is -0.376 e. The summed E-state index contributed by atoms with van der Waals surface area (Å²) in [4.78, 5) is 12.2. The maximum absolute atomic E-state index is 12.2. The third-order valence-electron chi connectivity index (χ3n) is 3.99. The molecule has 4 heteroatoms. The van der Waals surface area contributed by atoms with Crippen molar-refractivity contribution in [3.63, 3.8) is 0 Å². The summed E-state index contributed by atoms with van der Waals surface area (Å²) in [5, 5.41) is 3.06. The number of amides is 1. The van der Waals surface area contributed by atoms with Gasteiger partial charge >= 0.3 is 0 Å². The van der Waals surface area contributed by atoms with E-state index in [-0.39, 0.29) is 18.1 Å². The highest BCUT2D eigenvalue weighted by molar-refractivity contribution is 5.83. The lowest BCUT2D eigenvalue weighted by Gasteiger charge is -2.21. The number of hydrogen-bond acceptors (Lipinski definition) is 3. The fraction of sp³-hybridized carbons (Fsp3) is 0.533. The van der Waals surface area contributed by atoms with Crippen LogP contribution in [0.1, 0.15) is 30.9 Å². The van der Waals surface area contributed by atoms with Crippen LogP contribution in [-0.2, 0) is 9.53 Å². The SMILES string of the molecule is N[C@H](C(=O)NC1CCOC1C1CC1)c1ccccc1. The predicted octanol–water partition coefficient (Wildman–Crippen LogP) is 1.37. The zero-order valence-corrected chi connectivity index (χ0v) is 10.9. The Morgan fingerprint density at radius 2 is 2.00 bits per heavy atom. The normalized spacial score (nSPS) is 28.1. The Hall–Kier alpha value is -1.39. The number of hydrogen-bond donors (Lipinski definition) is 2. The molecule has 1 aromatic rings. The molecule has 2 fully saturated rings. The van der Waals surface area contributed by atoms with Crippen LogP contribution in [0.15, 0.2) is 30.3 Å². The number of ether oxygens (including phenoxy) is 1. The molecule has 3 rings (SSSR count). The largest absolute Gasteiger partial charge is 0.376 e. The van der Waals surface area contributed by atoms with E-state index in [1.807, 2.05) is 30.3 Å². The van der Waals surface area contributed by atoms with Gasteiger partial charge in [-0.2, -0.15) is 0 Å². The maximum atomic E-state index is 12.2. The molecular formula is C15H20N2O2. The minimum absolute atomic E-state index is 0.104. The van der Waals surface area contributed by atoms with Gasteiger partial charge in [0.2, 0.25) is 5.91 Å². The smallest absolute Gasteiger partial charge is 0.241 e. The molecule has 1 aliphatic heterocycles. The van der Waals surface area contributed by atoms with Crippen molar-refractivity contribution in [2.45, 2.75) is 37.5 Å². The molecule has 2 aliphatic rings. The lowest BCUT2D eigenvalue weighted by Crippen LogP contribution is -2.45. The number of rotatable bonds is 4. The van der Waals surface area contributed by atoms with E-state index in [9.17, 15) is 4.79 Å². The van der Waals surface area contributed by atoms with Crippen molar-refractivity contribution in [3.05, 3.63) is 35.9 Å². The number of benzene rings is 1. The van der Waals surface area contributed by atoms with Gasteiger partial charge in [0.1, 0.15) is 6.04 Å². The monoisotopic (exact) mass is 260 g/mol. The van der Waals surface area contributed by atoms with E-state index in [1.165, 1.54) is 12.8 Å². The topological polar surface area (TPSA) is 64.4 Å². The van der Waals surface area contributed by atoms with Gasteiger partial charge in [0, 0.05) is 6.61 Å². The first kappa shape index (κ1) is 12.6. The molecule has 1 aromatic carbocycles. The van der Waals surface area contributed by atoms with Crippen LogP contribution in [0.2, 0.25) is 0 Å². The first-order valence-electron chi connectivity index (χ1n) is 6.98. The number of nitrogens with two attached hydrogens (primary N) is 1. The summed E-state index contributed by atoms with van der Waals surface area (Å²) in [5.41, 5.74) is 6.85. The molecular weight excluding hydrogens is 240 g/mol. The fourth-order valence-corrected chi connectivity index (χ4v) is 2.74. The summed E-state index contributed by atoms with van der Waals surface area (Å²) in [6, 6.07) is 9.02. The summed E-state index contributed by atoms with van der Waals surface area (Å²) in [6.45, 7) is 0.743. The van der Waals surface area contributed by atoms with Gasteiger partial charge in [0.25, 0.3) is 0 Å². The van der Waals surface area contributed by atoms with Crippen molar-refractivity contribution in [2.75, 3.05) is 6.61 Å². The van der Waals surface area contributed by atoms with Crippen molar-refractivity contribution in [1.82, 2.24) is 5.32 Å². The minimum atomic E-state index is -0.596. The molecule has 2 unspecified atom stereocenters. The number of carbonyl (C=O) groups is 1. The number of nitrogens with one attached hydrogen (secondary N) is 1. The third-order valence-corrected chi connectivity index (χ3v) is 3.99. The summed E-state index contributed by atoms with van der Waals surface area (Å²) in [7, 11) is 0. The molecule has 1 saturated carbocycles. The van der Waals surface area contributed by atoms with E-state index in [2.05, 4.69) is 5.32 Å². The van der Waals surface area contributed by atoms with Crippen LogP contribution in [0.4, 0.5) is 0 Å². The molecule has 19 heavy (non-hydrogen) atoms. The first-order chi connectivity index (χ1) is 9.25. The van der Waals surface area contributed by atoms with Crippen LogP contribution in [0, 0.1) is 5.92 Å². The molecule has 102 valence electrons. The second kappa shape index (κ2) is 5.31. The van der Waals surface area contributed by atoms with Crippen molar-refractivity contribution in [3.8, 4) is 0 Å². The molecule has 3 atom stereocenters. The van der Waals surface area contributed by atoms with Gasteiger partial charge in [-0.15, -0.1) is 0 Å². The van der Waals surface area contributed by atoms with E-state index in [0.29, 0.717) is 5.92 Å². The third kappa shape index (κ3) is 2.80.